The van der Waals surface area contributed by atoms with E-state index in [0.29, 0.717) is 39.3 Å². The van der Waals surface area contributed by atoms with Gasteiger partial charge in [-0.3, -0.25) is 4.79 Å². The van der Waals surface area contributed by atoms with Crippen molar-refractivity contribution in [3.05, 3.63) is 0 Å². The summed E-state index contributed by atoms with van der Waals surface area (Å²) in [6, 6.07) is 0. The topological polar surface area (TPSA) is 81.8 Å². The van der Waals surface area contributed by atoms with Crippen molar-refractivity contribution in [2.24, 2.45) is 5.73 Å². The lowest BCUT2D eigenvalue weighted by Crippen LogP contribution is -2.44. The monoisotopic (exact) mass is 219 g/mol. The first-order chi connectivity index (χ1) is 7.00. The summed E-state index contributed by atoms with van der Waals surface area (Å²) >= 11 is 0. The molecule has 5 nitrogen and oxygen atoms in total. The van der Waals surface area contributed by atoms with E-state index in [2.05, 4.69) is 0 Å². The Kier molecular flexibility index (Phi) is 7.29. The summed E-state index contributed by atoms with van der Waals surface area (Å²) in [6.45, 7) is 5.76. The Labute approximate surface area is 90.5 Å². The highest BCUT2D eigenvalue weighted by Gasteiger charge is 2.26. The minimum Gasteiger partial charge on any atom is -0.480 e. The smallest absolute Gasteiger partial charge is 0.323 e. The van der Waals surface area contributed by atoms with Gasteiger partial charge in [0.05, 0.1) is 13.2 Å². The minimum absolute atomic E-state index is 0.414. The van der Waals surface area contributed by atoms with Gasteiger partial charge in [0.25, 0.3) is 0 Å². The molecule has 90 valence electrons. The van der Waals surface area contributed by atoms with Crippen LogP contribution in [-0.2, 0) is 14.3 Å². The number of ether oxygens (including phenoxy) is 2. The van der Waals surface area contributed by atoms with Crippen LogP contribution >= 0.6 is 0 Å². The van der Waals surface area contributed by atoms with Gasteiger partial charge in [0.2, 0.25) is 0 Å². The number of rotatable bonds is 9. The number of carbonyl (C=O) groups is 1. The normalized spacial score (nSPS) is 14.9. The average molecular weight is 219 g/mol. The number of nitrogens with two attached hydrogens (primary N) is 1. The number of carboxylic acid groups (broad SMARTS) is 1. The summed E-state index contributed by atoms with van der Waals surface area (Å²) < 4.78 is 10.3. The van der Waals surface area contributed by atoms with Gasteiger partial charge in [-0.15, -0.1) is 0 Å². The highest BCUT2D eigenvalue weighted by atomic mass is 16.5. The fourth-order valence-electron chi connectivity index (χ4n) is 1.01. The minimum atomic E-state index is -1.15. The van der Waals surface area contributed by atoms with E-state index in [0.717, 1.165) is 0 Å². The molecule has 0 spiro atoms. The van der Waals surface area contributed by atoms with Crippen LogP contribution in [0, 0.1) is 0 Å². The molecule has 0 aliphatic heterocycles. The van der Waals surface area contributed by atoms with Crippen molar-refractivity contribution in [3.8, 4) is 0 Å². The van der Waals surface area contributed by atoms with Crippen LogP contribution in [0.15, 0.2) is 0 Å². The zero-order valence-electron chi connectivity index (χ0n) is 9.49. The molecule has 15 heavy (non-hydrogen) atoms. The van der Waals surface area contributed by atoms with Crippen LogP contribution in [0.4, 0.5) is 0 Å². The number of carboxylic acids is 1. The molecular weight excluding hydrogens is 198 g/mol. The molecule has 0 saturated heterocycles. The van der Waals surface area contributed by atoms with E-state index in [1.54, 1.807) is 0 Å². The third kappa shape index (κ3) is 7.30. The molecule has 0 fully saturated rings. The van der Waals surface area contributed by atoms with E-state index >= 15 is 0 Å². The van der Waals surface area contributed by atoms with Crippen LogP contribution in [0.2, 0.25) is 0 Å². The van der Waals surface area contributed by atoms with E-state index < -0.39 is 11.5 Å². The van der Waals surface area contributed by atoms with Crippen molar-refractivity contribution in [1.29, 1.82) is 0 Å². The van der Waals surface area contributed by atoms with Crippen molar-refractivity contribution in [2.75, 3.05) is 26.4 Å². The Morgan fingerprint density at radius 3 is 2.47 bits per heavy atom. The van der Waals surface area contributed by atoms with Gasteiger partial charge in [0, 0.05) is 13.2 Å². The molecule has 0 aliphatic rings. The van der Waals surface area contributed by atoms with Gasteiger partial charge in [0.15, 0.2) is 0 Å². The maximum absolute atomic E-state index is 10.6. The molecule has 0 aromatic carbocycles. The van der Waals surface area contributed by atoms with Crippen molar-refractivity contribution in [2.45, 2.75) is 32.2 Å². The Hall–Kier alpha value is -0.650. The highest BCUT2D eigenvalue weighted by Crippen LogP contribution is 2.08. The fraction of sp³-hybridized carbons (Fsp3) is 0.900. The van der Waals surface area contributed by atoms with E-state index in [4.69, 9.17) is 20.3 Å². The molecule has 1 atom stereocenters. The molecular formula is C10H21NO4. The van der Waals surface area contributed by atoms with Gasteiger partial charge in [0.1, 0.15) is 5.54 Å². The molecule has 0 rings (SSSR count). The number of aliphatic carboxylic acids is 1. The van der Waals surface area contributed by atoms with Crippen molar-refractivity contribution >= 4 is 5.97 Å². The maximum Gasteiger partial charge on any atom is 0.323 e. The largest absolute Gasteiger partial charge is 0.480 e. The molecule has 0 amide bonds. The molecule has 0 aromatic heterocycles. The SMILES string of the molecule is CCOCCOCCCC(C)(N)C(=O)O. The molecule has 0 heterocycles. The summed E-state index contributed by atoms with van der Waals surface area (Å²) in [7, 11) is 0. The van der Waals surface area contributed by atoms with Gasteiger partial charge < -0.3 is 20.3 Å². The second-order valence-corrected chi connectivity index (χ2v) is 3.64. The fourth-order valence-corrected chi connectivity index (χ4v) is 1.01. The van der Waals surface area contributed by atoms with E-state index in [1.807, 2.05) is 6.92 Å². The van der Waals surface area contributed by atoms with Gasteiger partial charge in [-0.1, -0.05) is 0 Å². The third-order valence-electron chi connectivity index (χ3n) is 2.05. The molecule has 1 unspecified atom stereocenters. The van der Waals surface area contributed by atoms with Crippen LogP contribution in [-0.4, -0.2) is 43.0 Å². The molecule has 0 aliphatic carbocycles. The van der Waals surface area contributed by atoms with Crippen LogP contribution in [0.1, 0.15) is 26.7 Å². The molecule has 3 N–H and O–H groups in total. The quantitative estimate of drug-likeness (QED) is 0.556. The summed E-state index contributed by atoms with van der Waals surface area (Å²) in [5.41, 5.74) is 4.39. The van der Waals surface area contributed by atoms with E-state index in [1.165, 1.54) is 6.92 Å². The van der Waals surface area contributed by atoms with Gasteiger partial charge >= 0.3 is 5.97 Å². The summed E-state index contributed by atoms with van der Waals surface area (Å²) in [5, 5.41) is 8.73. The Morgan fingerprint density at radius 2 is 1.93 bits per heavy atom. The van der Waals surface area contributed by atoms with Gasteiger partial charge in [-0.25, -0.2) is 0 Å². The van der Waals surface area contributed by atoms with Crippen molar-refractivity contribution in [3.63, 3.8) is 0 Å². The second-order valence-electron chi connectivity index (χ2n) is 3.64. The predicted octanol–water partition coefficient (Wildman–Crippen LogP) is 0.622. The Morgan fingerprint density at radius 1 is 1.33 bits per heavy atom. The van der Waals surface area contributed by atoms with Gasteiger partial charge in [-0.05, 0) is 26.7 Å². The first kappa shape index (κ1) is 14.3. The average Bonchev–Trinajstić information content (AvgIpc) is 2.16. The molecule has 0 saturated carbocycles. The number of hydrogen-bond donors (Lipinski definition) is 2. The maximum atomic E-state index is 10.6. The van der Waals surface area contributed by atoms with Gasteiger partial charge in [-0.2, -0.15) is 0 Å². The molecule has 0 bridgehead atoms. The van der Waals surface area contributed by atoms with Crippen LogP contribution in [0.25, 0.3) is 0 Å². The molecule has 5 heteroatoms. The summed E-state index contributed by atoms with van der Waals surface area (Å²) in [6.07, 6.45) is 1.06. The Balaban J connectivity index is 3.35. The zero-order valence-corrected chi connectivity index (χ0v) is 9.49. The van der Waals surface area contributed by atoms with E-state index in [9.17, 15) is 4.79 Å². The lowest BCUT2D eigenvalue weighted by atomic mass is 9.98. The molecule has 0 radical (unpaired) electrons. The molecule has 0 aromatic rings. The standard InChI is InChI=1S/C10H21NO4/c1-3-14-7-8-15-6-4-5-10(2,11)9(12)13/h3-8,11H2,1-2H3,(H,12,13). The summed E-state index contributed by atoms with van der Waals surface area (Å²) in [5.74, 6) is -0.975. The Bertz CT molecular complexity index is 182. The van der Waals surface area contributed by atoms with Crippen molar-refractivity contribution < 1.29 is 19.4 Å². The predicted molar refractivity (Wildman–Crippen MR) is 56.8 cm³/mol. The lowest BCUT2D eigenvalue weighted by Gasteiger charge is -2.18. The summed E-state index contributed by atoms with van der Waals surface area (Å²) in [4.78, 5) is 10.6. The lowest BCUT2D eigenvalue weighted by molar-refractivity contribution is -0.143. The first-order valence-electron chi connectivity index (χ1n) is 5.18. The van der Waals surface area contributed by atoms with E-state index in [-0.39, 0.29) is 0 Å². The highest BCUT2D eigenvalue weighted by molar-refractivity contribution is 5.77. The second kappa shape index (κ2) is 7.62. The van der Waals surface area contributed by atoms with Crippen molar-refractivity contribution in [1.82, 2.24) is 0 Å². The third-order valence-corrected chi connectivity index (χ3v) is 2.05. The van der Waals surface area contributed by atoms with Crippen LogP contribution in [0.3, 0.4) is 0 Å². The first-order valence-corrected chi connectivity index (χ1v) is 5.18. The zero-order chi connectivity index (χ0) is 11.7. The van der Waals surface area contributed by atoms with Crippen LogP contribution < -0.4 is 5.73 Å². The number of hydrogen-bond acceptors (Lipinski definition) is 4. The van der Waals surface area contributed by atoms with Crippen LogP contribution in [0.5, 0.6) is 0 Å².